The summed E-state index contributed by atoms with van der Waals surface area (Å²) in [7, 11) is 0. The second-order valence-corrected chi connectivity index (χ2v) is 6.27. The van der Waals surface area contributed by atoms with E-state index >= 15 is 0 Å². The molecule has 3 aromatic rings. The highest BCUT2D eigenvalue weighted by Gasteiger charge is 2.24. The van der Waals surface area contributed by atoms with E-state index in [2.05, 4.69) is 10.6 Å². The molecule has 0 aliphatic carbocycles. The molecule has 0 aliphatic heterocycles. The molecule has 0 atom stereocenters. The number of halogens is 1. The Balaban J connectivity index is 1.96. The van der Waals surface area contributed by atoms with Crippen LogP contribution in [0.1, 0.15) is 37.2 Å². The quantitative estimate of drug-likeness (QED) is 0.628. The number of nitrogens with one attached hydrogen (secondary N) is 2. The van der Waals surface area contributed by atoms with Crippen molar-refractivity contribution in [1.82, 2.24) is 0 Å². The molecule has 0 saturated carbocycles. The van der Waals surface area contributed by atoms with Crippen molar-refractivity contribution in [1.29, 1.82) is 0 Å². The molecule has 0 fully saturated rings. The molecule has 2 aromatic carbocycles. The molecule has 27 heavy (non-hydrogen) atoms. The number of fused-ring (bicyclic) bond motifs is 1. The van der Waals surface area contributed by atoms with E-state index in [1.54, 1.807) is 30.3 Å². The Kier molecular flexibility index (Phi) is 5.54. The van der Waals surface area contributed by atoms with Crippen LogP contribution in [0.15, 0.2) is 52.9 Å². The predicted octanol–water partition coefficient (Wildman–Crippen LogP) is 5.20. The minimum Gasteiger partial charge on any atom is -0.449 e. The van der Waals surface area contributed by atoms with E-state index in [1.165, 1.54) is 18.2 Å². The van der Waals surface area contributed by atoms with E-state index in [1.807, 2.05) is 13.8 Å². The van der Waals surface area contributed by atoms with Crippen LogP contribution in [0.4, 0.5) is 15.8 Å². The first-order valence-corrected chi connectivity index (χ1v) is 8.92. The van der Waals surface area contributed by atoms with Crippen molar-refractivity contribution in [2.24, 2.45) is 5.92 Å². The van der Waals surface area contributed by atoms with E-state index in [-0.39, 0.29) is 17.6 Å². The van der Waals surface area contributed by atoms with Gasteiger partial charge >= 0.3 is 0 Å². The molecule has 0 saturated heterocycles. The summed E-state index contributed by atoms with van der Waals surface area (Å²) >= 11 is 0. The fourth-order valence-electron chi connectivity index (χ4n) is 2.97. The van der Waals surface area contributed by atoms with E-state index in [4.69, 9.17) is 4.42 Å². The minimum atomic E-state index is -0.559. The molecule has 3 rings (SSSR count). The third-order valence-electron chi connectivity index (χ3n) is 4.49. The van der Waals surface area contributed by atoms with Gasteiger partial charge in [-0.05, 0) is 43.2 Å². The molecule has 1 aromatic heterocycles. The Bertz CT molecular complexity index is 976. The number of amides is 2. The summed E-state index contributed by atoms with van der Waals surface area (Å²) < 4.78 is 19.1. The number of hydrogen-bond acceptors (Lipinski definition) is 3. The van der Waals surface area contributed by atoms with Gasteiger partial charge in [0.1, 0.15) is 17.1 Å². The Morgan fingerprint density at radius 2 is 1.78 bits per heavy atom. The maximum atomic E-state index is 13.4. The van der Waals surface area contributed by atoms with Crippen molar-refractivity contribution >= 4 is 34.2 Å². The molecule has 0 aliphatic rings. The SMILES string of the molecule is CCC(CC)C(=O)Nc1c(C(=O)Nc2cccc(F)c2)oc2ccccc12. The van der Waals surface area contributed by atoms with Crippen molar-refractivity contribution in [3.8, 4) is 0 Å². The molecule has 2 N–H and O–H groups in total. The Hall–Kier alpha value is -3.15. The summed E-state index contributed by atoms with van der Waals surface area (Å²) in [4.78, 5) is 25.3. The molecule has 0 spiro atoms. The monoisotopic (exact) mass is 368 g/mol. The highest BCUT2D eigenvalue weighted by molar-refractivity contribution is 6.14. The lowest BCUT2D eigenvalue weighted by atomic mass is 10.0. The summed E-state index contributed by atoms with van der Waals surface area (Å²) in [6.45, 7) is 3.89. The number of hydrogen-bond donors (Lipinski definition) is 2. The number of carbonyl (C=O) groups is 2. The van der Waals surface area contributed by atoms with Gasteiger partial charge in [0.15, 0.2) is 0 Å². The molecule has 2 amide bonds. The largest absolute Gasteiger partial charge is 0.449 e. The number of furan rings is 1. The van der Waals surface area contributed by atoms with Gasteiger partial charge < -0.3 is 15.1 Å². The number of para-hydroxylation sites is 1. The zero-order valence-corrected chi connectivity index (χ0v) is 15.2. The van der Waals surface area contributed by atoms with Gasteiger partial charge in [0, 0.05) is 17.0 Å². The summed E-state index contributed by atoms with van der Waals surface area (Å²) in [5.41, 5.74) is 1.12. The zero-order chi connectivity index (χ0) is 19.4. The van der Waals surface area contributed by atoms with E-state index in [9.17, 15) is 14.0 Å². The van der Waals surface area contributed by atoms with Gasteiger partial charge in [-0.2, -0.15) is 0 Å². The van der Waals surface area contributed by atoms with Crippen LogP contribution in [0.5, 0.6) is 0 Å². The first kappa shape index (κ1) is 18.6. The van der Waals surface area contributed by atoms with Crippen LogP contribution in [0.3, 0.4) is 0 Å². The van der Waals surface area contributed by atoms with E-state index in [0.717, 1.165) is 0 Å². The normalized spacial score (nSPS) is 11.0. The van der Waals surface area contributed by atoms with Crippen LogP contribution in [-0.2, 0) is 4.79 Å². The number of carbonyl (C=O) groups excluding carboxylic acids is 2. The van der Waals surface area contributed by atoms with Crippen LogP contribution in [-0.4, -0.2) is 11.8 Å². The van der Waals surface area contributed by atoms with Crippen molar-refractivity contribution in [3.63, 3.8) is 0 Å². The standard InChI is InChI=1S/C21H21FN2O3/c1-3-13(4-2)20(25)24-18-16-10-5-6-11-17(16)27-19(18)21(26)23-15-9-7-8-14(22)12-15/h5-13H,3-4H2,1-2H3,(H,23,26)(H,24,25). The van der Waals surface area contributed by atoms with Crippen LogP contribution < -0.4 is 10.6 Å². The van der Waals surface area contributed by atoms with Crippen molar-refractivity contribution in [2.75, 3.05) is 10.6 Å². The Morgan fingerprint density at radius 1 is 1.04 bits per heavy atom. The van der Waals surface area contributed by atoms with Crippen LogP contribution in [0, 0.1) is 11.7 Å². The molecular formula is C21H21FN2O3. The smallest absolute Gasteiger partial charge is 0.293 e. The summed E-state index contributed by atoms with van der Waals surface area (Å²) in [6.07, 6.45) is 1.39. The number of benzene rings is 2. The summed E-state index contributed by atoms with van der Waals surface area (Å²) in [5.74, 6) is -1.35. The lowest BCUT2D eigenvalue weighted by Crippen LogP contribution is -2.23. The fourth-order valence-corrected chi connectivity index (χ4v) is 2.97. The van der Waals surface area contributed by atoms with E-state index < -0.39 is 11.7 Å². The van der Waals surface area contributed by atoms with E-state index in [0.29, 0.717) is 35.2 Å². The van der Waals surface area contributed by atoms with Crippen LogP contribution in [0.2, 0.25) is 0 Å². The second kappa shape index (κ2) is 8.03. The average molecular weight is 368 g/mol. The van der Waals surface area contributed by atoms with Gasteiger partial charge in [0.25, 0.3) is 5.91 Å². The lowest BCUT2D eigenvalue weighted by Gasteiger charge is -2.13. The summed E-state index contributed by atoms with van der Waals surface area (Å²) in [5, 5.41) is 6.09. The summed E-state index contributed by atoms with van der Waals surface area (Å²) in [6, 6.07) is 12.7. The predicted molar refractivity (Wildman–Crippen MR) is 103 cm³/mol. The highest BCUT2D eigenvalue weighted by atomic mass is 19.1. The molecule has 0 radical (unpaired) electrons. The molecule has 0 unspecified atom stereocenters. The molecular weight excluding hydrogens is 347 g/mol. The minimum absolute atomic E-state index is 0.0141. The number of rotatable bonds is 6. The first-order chi connectivity index (χ1) is 13.0. The number of anilines is 2. The molecule has 140 valence electrons. The van der Waals surface area contributed by atoms with Gasteiger partial charge in [-0.25, -0.2) is 4.39 Å². The maximum Gasteiger partial charge on any atom is 0.293 e. The molecule has 1 heterocycles. The topological polar surface area (TPSA) is 71.3 Å². The highest BCUT2D eigenvalue weighted by Crippen LogP contribution is 2.32. The van der Waals surface area contributed by atoms with Crippen molar-refractivity contribution in [3.05, 3.63) is 60.1 Å². The van der Waals surface area contributed by atoms with Crippen LogP contribution >= 0.6 is 0 Å². The van der Waals surface area contributed by atoms with Gasteiger partial charge in [0.05, 0.1) is 0 Å². The van der Waals surface area contributed by atoms with Crippen LogP contribution in [0.25, 0.3) is 11.0 Å². The average Bonchev–Trinajstić information content (AvgIpc) is 3.01. The van der Waals surface area contributed by atoms with Gasteiger partial charge in [0.2, 0.25) is 11.7 Å². The molecule has 5 nitrogen and oxygen atoms in total. The van der Waals surface area contributed by atoms with Gasteiger partial charge in [-0.15, -0.1) is 0 Å². The Morgan fingerprint density at radius 3 is 2.48 bits per heavy atom. The lowest BCUT2D eigenvalue weighted by molar-refractivity contribution is -0.120. The molecule has 6 heteroatoms. The van der Waals surface area contributed by atoms with Gasteiger partial charge in [-0.1, -0.05) is 32.0 Å². The zero-order valence-electron chi connectivity index (χ0n) is 15.2. The third-order valence-corrected chi connectivity index (χ3v) is 4.49. The van der Waals surface area contributed by atoms with Crippen molar-refractivity contribution < 1.29 is 18.4 Å². The van der Waals surface area contributed by atoms with Crippen molar-refractivity contribution in [2.45, 2.75) is 26.7 Å². The molecule has 0 bridgehead atoms. The fraction of sp³-hybridized carbons (Fsp3) is 0.238. The van der Waals surface area contributed by atoms with Gasteiger partial charge in [-0.3, -0.25) is 9.59 Å². The third kappa shape index (κ3) is 4.00. The second-order valence-electron chi connectivity index (χ2n) is 6.27. The Labute approximate surface area is 156 Å². The maximum absolute atomic E-state index is 13.4. The first-order valence-electron chi connectivity index (χ1n) is 8.92.